The van der Waals surface area contributed by atoms with Crippen LogP contribution in [0.1, 0.15) is 57.3 Å². The first kappa shape index (κ1) is 14.6. The number of hydrogen-bond donors (Lipinski definition) is 2. The van der Waals surface area contributed by atoms with Crippen LogP contribution in [0.4, 0.5) is 5.82 Å². The molecular weight excluding hydrogens is 266 g/mol. The molecule has 0 amide bonds. The lowest BCUT2D eigenvalue weighted by Gasteiger charge is -2.38. The maximum absolute atomic E-state index is 12.3. The molecule has 0 bridgehead atoms. The van der Waals surface area contributed by atoms with Gasteiger partial charge in [-0.3, -0.25) is 4.79 Å². The van der Waals surface area contributed by atoms with Crippen LogP contribution in [-0.2, 0) is 16.8 Å². The molecule has 1 fully saturated rings. The number of anilines is 1. The fourth-order valence-electron chi connectivity index (χ4n) is 3.52. The predicted octanol–water partition coefficient (Wildman–Crippen LogP) is 2.57. The summed E-state index contributed by atoms with van der Waals surface area (Å²) in [6.45, 7) is 5.82. The molecule has 1 aromatic heterocycles. The summed E-state index contributed by atoms with van der Waals surface area (Å²) in [4.78, 5) is 20.1. The second kappa shape index (κ2) is 5.79. The molecule has 2 N–H and O–H groups in total. The number of H-pyrrole nitrogens is 1. The van der Waals surface area contributed by atoms with E-state index in [0.717, 1.165) is 68.2 Å². The zero-order valence-electron chi connectivity index (χ0n) is 13.0. The summed E-state index contributed by atoms with van der Waals surface area (Å²) in [6, 6.07) is 0. The van der Waals surface area contributed by atoms with Gasteiger partial charge in [0.15, 0.2) is 0 Å². The van der Waals surface area contributed by atoms with Crippen molar-refractivity contribution in [3.8, 4) is 0 Å². The highest BCUT2D eigenvalue weighted by Gasteiger charge is 2.39. The van der Waals surface area contributed by atoms with Crippen molar-refractivity contribution in [1.82, 2.24) is 9.97 Å². The van der Waals surface area contributed by atoms with E-state index in [2.05, 4.69) is 17.2 Å². The van der Waals surface area contributed by atoms with Crippen molar-refractivity contribution in [3.05, 3.63) is 21.7 Å². The summed E-state index contributed by atoms with van der Waals surface area (Å²) in [5, 5.41) is 3.26. The molecule has 2 heterocycles. The Morgan fingerprint density at radius 3 is 2.86 bits per heavy atom. The molecule has 2 aliphatic rings. The van der Waals surface area contributed by atoms with Gasteiger partial charge in [0.25, 0.3) is 5.56 Å². The molecule has 1 saturated carbocycles. The van der Waals surface area contributed by atoms with Gasteiger partial charge in [0.05, 0.1) is 5.56 Å². The molecule has 0 unspecified atom stereocenters. The van der Waals surface area contributed by atoms with Gasteiger partial charge < -0.3 is 15.0 Å². The standard InChI is InChI=1S/C16H25N3O2/c1-3-21-16(8-6-11(2)7-9-16)15-18-13-12(14(20)19-15)5-4-10-17-13/h11H,3-10H2,1-2H3,(H2,17,18,19,20). The lowest BCUT2D eigenvalue weighted by Crippen LogP contribution is -2.39. The summed E-state index contributed by atoms with van der Waals surface area (Å²) in [6.07, 6.45) is 5.91. The third-order valence-corrected chi connectivity index (χ3v) is 4.85. The number of nitrogens with one attached hydrogen (secondary N) is 2. The normalized spacial score (nSPS) is 28.8. The Morgan fingerprint density at radius 2 is 2.14 bits per heavy atom. The Bertz CT molecular complexity index is 559. The van der Waals surface area contributed by atoms with E-state index in [-0.39, 0.29) is 5.56 Å². The van der Waals surface area contributed by atoms with Gasteiger partial charge in [-0.15, -0.1) is 0 Å². The first-order chi connectivity index (χ1) is 10.1. The molecule has 5 nitrogen and oxygen atoms in total. The van der Waals surface area contributed by atoms with Crippen LogP contribution in [0.5, 0.6) is 0 Å². The van der Waals surface area contributed by atoms with Gasteiger partial charge in [-0.2, -0.15) is 0 Å². The molecule has 3 rings (SSSR count). The molecule has 0 atom stereocenters. The van der Waals surface area contributed by atoms with Crippen LogP contribution in [0.3, 0.4) is 0 Å². The van der Waals surface area contributed by atoms with E-state index >= 15 is 0 Å². The van der Waals surface area contributed by atoms with Crippen LogP contribution in [0, 0.1) is 5.92 Å². The number of hydrogen-bond acceptors (Lipinski definition) is 4. The summed E-state index contributed by atoms with van der Waals surface area (Å²) in [5.41, 5.74) is 0.384. The number of ether oxygens (including phenoxy) is 1. The fraction of sp³-hybridized carbons (Fsp3) is 0.750. The quantitative estimate of drug-likeness (QED) is 0.898. The van der Waals surface area contributed by atoms with Gasteiger partial charge >= 0.3 is 0 Å². The molecule has 1 aromatic rings. The SMILES string of the molecule is CCOC1(c2nc3c(c(=O)[nH]2)CCCN3)CCC(C)CC1. The van der Waals surface area contributed by atoms with Crippen LogP contribution < -0.4 is 10.9 Å². The molecule has 0 saturated heterocycles. The van der Waals surface area contributed by atoms with Gasteiger partial charge in [-0.05, 0) is 51.4 Å². The molecule has 116 valence electrons. The van der Waals surface area contributed by atoms with Crippen LogP contribution in [-0.4, -0.2) is 23.1 Å². The summed E-state index contributed by atoms with van der Waals surface area (Å²) in [5.74, 6) is 2.20. The zero-order chi connectivity index (χ0) is 14.9. The Kier molecular flexibility index (Phi) is 4.02. The number of aromatic amines is 1. The lowest BCUT2D eigenvalue weighted by atomic mass is 9.78. The Hall–Kier alpha value is -1.36. The Labute approximate surface area is 125 Å². The largest absolute Gasteiger partial charge is 0.370 e. The molecule has 0 spiro atoms. The zero-order valence-corrected chi connectivity index (χ0v) is 13.0. The van der Waals surface area contributed by atoms with Gasteiger partial charge in [-0.1, -0.05) is 6.92 Å². The van der Waals surface area contributed by atoms with Crippen LogP contribution in [0.15, 0.2) is 4.79 Å². The minimum Gasteiger partial charge on any atom is -0.370 e. The Balaban J connectivity index is 2.00. The van der Waals surface area contributed by atoms with Crippen molar-refractivity contribution in [1.29, 1.82) is 0 Å². The van der Waals surface area contributed by atoms with E-state index in [9.17, 15) is 4.79 Å². The highest BCUT2D eigenvalue weighted by atomic mass is 16.5. The predicted molar refractivity (Wildman–Crippen MR) is 82.6 cm³/mol. The Morgan fingerprint density at radius 1 is 1.38 bits per heavy atom. The molecule has 5 heteroatoms. The highest BCUT2D eigenvalue weighted by molar-refractivity contribution is 5.45. The minimum atomic E-state index is -0.408. The molecule has 0 radical (unpaired) electrons. The van der Waals surface area contributed by atoms with Crippen molar-refractivity contribution >= 4 is 5.82 Å². The summed E-state index contributed by atoms with van der Waals surface area (Å²) < 4.78 is 6.09. The lowest BCUT2D eigenvalue weighted by molar-refractivity contribution is -0.0838. The van der Waals surface area contributed by atoms with Crippen molar-refractivity contribution in [3.63, 3.8) is 0 Å². The monoisotopic (exact) mass is 291 g/mol. The van der Waals surface area contributed by atoms with Crippen LogP contribution in [0.25, 0.3) is 0 Å². The summed E-state index contributed by atoms with van der Waals surface area (Å²) in [7, 11) is 0. The third kappa shape index (κ3) is 2.71. The maximum Gasteiger partial charge on any atom is 0.256 e. The van der Waals surface area contributed by atoms with Crippen molar-refractivity contribution in [2.75, 3.05) is 18.5 Å². The van der Waals surface area contributed by atoms with E-state index < -0.39 is 5.60 Å². The van der Waals surface area contributed by atoms with Crippen LogP contribution in [0.2, 0.25) is 0 Å². The number of rotatable bonds is 3. The topological polar surface area (TPSA) is 67.0 Å². The number of nitrogens with zero attached hydrogens (tertiary/aromatic N) is 1. The average Bonchev–Trinajstić information content (AvgIpc) is 2.50. The van der Waals surface area contributed by atoms with E-state index in [1.54, 1.807) is 0 Å². The first-order valence-corrected chi connectivity index (χ1v) is 8.16. The fourth-order valence-corrected chi connectivity index (χ4v) is 3.52. The van der Waals surface area contributed by atoms with Crippen LogP contribution >= 0.6 is 0 Å². The van der Waals surface area contributed by atoms with Gasteiger partial charge in [-0.25, -0.2) is 4.98 Å². The van der Waals surface area contributed by atoms with Gasteiger partial charge in [0.1, 0.15) is 17.2 Å². The molecule has 1 aliphatic heterocycles. The second-order valence-electron chi connectivity index (χ2n) is 6.38. The third-order valence-electron chi connectivity index (χ3n) is 4.85. The highest BCUT2D eigenvalue weighted by Crippen LogP contribution is 2.41. The van der Waals surface area contributed by atoms with E-state index in [1.165, 1.54) is 0 Å². The summed E-state index contributed by atoms with van der Waals surface area (Å²) >= 11 is 0. The van der Waals surface area contributed by atoms with E-state index in [0.29, 0.717) is 6.61 Å². The van der Waals surface area contributed by atoms with Crippen molar-refractivity contribution in [2.45, 2.75) is 58.0 Å². The van der Waals surface area contributed by atoms with Gasteiger partial charge in [0, 0.05) is 13.2 Å². The molecule has 1 aliphatic carbocycles. The number of fused-ring (bicyclic) bond motifs is 1. The minimum absolute atomic E-state index is 0.0000926. The second-order valence-corrected chi connectivity index (χ2v) is 6.38. The molecular formula is C16H25N3O2. The van der Waals surface area contributed by atoms with Gasteiger partial charge in [0.2, 0.25) is 0 Å². The van der Waals surface area contributed by atoms with E-state index in [1.807, 2.05) is 6.92 Å². The van der Waals surface area contributed by atoms with Crippen molar-refractivity contribution < 1.29 is 4.74 Å². The molecule has 21 heavy (non-hydrogen) atoms. The average molecular weight is 291 g/mol. The first-order valence-electron chi connectivity index (χ1n) is 8.16. The van der Waals surface area contributed by atoms with Crippen molar-refractivity contribution in [2.24, 2.45) is 5.92 Å². The van der Waals surface area contributed by atoms with E-state index in [4.69, 9.17) is 9.72 Å². The maximum atomic E-state index is 12.3. The smallest absolute Gasteiger partial charge is 0.256 e. The number of aromatic nitrogens is 2. The molecule has 0 aromatic carbocycles.